The first-order valence-electron chi connectivity index (χ1n) is 18.3. The Hall–Kier alpha value is -5.70. The lowest BCUT2D eigenvalue weighted by Gasteiger charge is -2.37. The van der Waals surface area contributed by atoms with Gasteiger partial charge in [-0.2, -0.15) is 0 Å². The predicted molar refractivity (Wildman–Crippen MR) is 210 cm³/mol. The van der Waals surface area contributed by atoms with E-state index >= 15 is 4.79 Å². The highest BCUT2D eigenvalue weighted by atomic mass is 28.3. The molecule has 3 heterocycles. The van der Waals surface area contributed by atoms with Crippen LogP contribution in [0.5, 0.6) is 5.75 Å². The summed E-state index contributed by atoms with van der Waals surface area (Å²) in [6.07, 6.45) is 2.29. The summed E-state index contributed by atoms with van der Waals surface area (Å²) >= 11 is 0. The van der Waals surface area contributed by atoms with E-state index in [0.717, 1.165) is 16.5 Å². The molecule has 7 rings (SSSR count). The molecule has 2 amide bonds. The number of fused-ring (bicyclic) bond motifs is 2. The average Bonchev–Trinajstić information content (AvgIpc) is 3.84. The lowest BCUT2D eigenvalue weighted by atomic mass is 9.82. The lowest BCUT2D eigenvalue weighted by molar-refractivity contribution is -0.385. The number of nitro groups is 1. The quantitative estimate of drug-likeness (QED) is 0.0854. The van der Waals surface area contributed by atoms with Gasteiger partial charge in [0, 0.05) is 60.6 Å². The fourth-order valence-electron chi connectivity index (χ4n) is 8.50. The van der Waals surface area contributed by atoms with Gasteiger partial charge in [-0.1, -0.05) is 72.9 Å². The number of carbonyl (C=O) groups excluding carboxylic acids is 2. The molecule has 0 saturated carbocycles. The Morgan fingerprint density at radius 2 is 1.82 bits per heavy atom. The van der Waals surface area contributed by atoms with Gasteiger partial charge in [-0.05, 0) is 60.0 Å². The summed E-state index contributed by atoms with van der Waals surface area (Å²) < 4.78 is 14.4. The number of hydrogen-bond donors (Lipinski definition) is 2. The van der Waals surface area contributed by atoms with Gasteiger partial charge in [0.1, 0.15) is 5.75 Å². The number of amides is 2. The van der Waals surface area contributed by atoms with E-state index in [4.69, 9.17) is 9.47 Å². The van der Waals surface area contributed by atoms with E-state index in [9.17, 15) is 20.0 Å². The maximum absolute atomic E-state index is 15.2. The number of benzene rings is 4. The molecule has 4 atom stereocenters. The summed E-state index contributed by atoms with van der Waals surface area (Å²) in [6.45, 7) is 7.17. The van der Waals surface area contributed by atoms with E-state index in [1.807, 2.05) is 49.5 Å². The van der Waals surface area contributed by atoms with E-state index in [1.54, 1.807) is 53.1 Å². The summed E-state index contributed by atoms with van der Waals surface area (Å²) in [7, 11) is -0.854. The largest absolute Gasteiger partial charge is 0.497 e. The molecule has 2 aliphatic heterocycles. The van der Waals surface area contributed by atoms with Crippen molar-refractivity contribution in [3.05, 3.63) is 136 Å². The highest BCUT2D eigenvalue weighted by Crippen LogP contribution is 2.60. The molecule has 1 fully saturated rings. The van der Waals surface area contributed by atoms with Crippen molar-refractivity contribution in [3.8, 4) is 5.75 Å². The van der Waals surface area contributed by atoms with E-state index in [2.05, 4.69) is 40.9 Å². The van der Waals surface area contributed by atoms with Crippen molar-refractivity contribution in [2.24, 2.45) is 5.92 Å². The third-order valence-corrected chi connectivity index (χ3v) is 15.5. The van der Waals surface area contributed by atoms with Crippen LogP contribution in [0.1, 0.15) is 40.5 Å². The summed E-state index contributed by atoms with van der Waals surface area (Å²) in [5.41, 5.74) is 1.83. The highest BCUT2D eigenvalue weighted by Gasteiger charge is 2.66. The molecule has 0 radical (unpaired) electrons. The van der Waals surface area contributed by atoms with Crippen LogP contribution in [0.15, 0.2) is 103 Å². The monoisotopic (exact) mass is 760 g/mol. The first-order valence-corrected chi connectivity index (χ1v) is 21.4. The number of non-ortho nitro benzene ring substituents is 1. The minimum Gasteiger partial charge on any atom is -0.497 e. The summed E-state index contributed by atoms with van der Waals surface area (Å²) in [6, 6.07) is 28.9. The number of nitro benzene ring substituents is 1. The molecule has 14 heteroatoms. The fourth-order valence-corrected chi connectivity index (χ4v) is 12.6. The molecule has 0 aliphatic carbocycles. The molecule has 55 heavy (non-hydrogen) atoms. The van der Waals surface area contributed by atoms with Crippen LogP contribution in [0.3, 0.4) is 0 Å². The number of hydrogen-bond acceptors (Lipinski definition) is 9. The van der Waals surface area contributed by atoms with Gasteiger partial charge in [0.05, 0.1) is 44.1 Å². The molecule has 0 unspecified atom stereocenters. The Morgan fingerprint density at radius 1 is 1.05 bits per heavy atom. The molecule has 1 aromatic heterocycles. The first kappa shape index (κ1) is 37.6. The number of aromatic nitrogens is 3. The number of carbonyl (C=O) groups is 2. The minimum absolute atomic E-state index is 0.0367. The maximum Gasteiger partial charge on any atom is 0.269 e. The van der Waals surface area contributed by atoms with E-state index in [0.29, 0.717) is 47.6 Å². The van der Waals surface area contributed by atoms with Crippen LogP contribution in [0.4, 0.5) is 17.1 Å². The van der Waals surface area contributed by atoms with Crippen molar-refractivity contribution >= 4 is 42.1 Å². The Kier molecular flexibility index (Phi) is 10.4. The van der Waals surface area contributed by atoms with Gasteiger partial charge >= 0.3 is 0 Å². The smallest absolute Gasteiger partial charge is 0.269 e. The zero-order valence-electron chi connectivity index (χ0n) is 31.2. The number of nitrogens with one attached hydrogen (secondary N) is 1. The molecule has 5 aromatic rings. The number of ether oxygens (including phenoxy) is 2. The van der Waals surface area contributed by atoms with E-state index in [-0.39, 0.29) is 42.1 Å². The van der Waals surface area contributed by atoms with Crippen LogP contribution in [0, 0.1) is 16.0 Å². The van der Waals surface area contributed by atoms with E-state index in [1.165, 1.54) is 12.1 Å². The molecule has 2 aliphatic rings. The number of anilines is 2. The minimum atomic E-state index is -2.48. The van der Waals surface area contributed by atoms with Gasteiger partial charge in [0.2, 0.25) is 0 Å². The Bertz CT molecular complexity index is 2210. The molecular formula is C41H44N6O7Si. The summed E-state index contributed by atoms with van der Waals surface area (Å²) in [4.78, 5) is 41.6. The van der Waals surface area contributed by atoms with Gasteiger partial charge in [-0.25, -0.2) is 0 Å². The average molecular weight is 761 g/mol. The summed E-state index contributed by atoms with van der Waals surface area (Å²) in [5.74, 6) is -0.173. The van der Waals surface area contributed by atoms with Crippen LogP contribution in [-0.4, -0.2) is 64.7 Å². The van der Waals surface area contributed by atoms with Gasteiger partial charge in [0.15, 0.2) is 5.60 Å². The van der Waals surface area contributed by atoms with Gasteiger partial charge in [0.25, 0.3) is 17.5 Å². The number of methoxy groups -OCH3 is 1. The van der Waals surface area contributed by atoms with Crippen molar-refractivity contribution in [3.63, 3.8) is 0 Å². The Balaban J connectivity index is 1.27. The number of rotatable bonds is 13. The number of aliphatic hydroxyl groups is 1. The highest BCUT2D eigenvalue weighted by molar-refractivity contribution is 6.91. The maximum atomic E-state index is 15.2. The first-order chi connectivity index (χ1) is 26.5. The van der Waals surface area contributed by atoms with Crippen molar-refractivity contribution in [1.82, 2.24) is 15.0 Å². The Morgan fingerprint density at radius 3 is 2.53 bits per heavy atom. The SMILES string of the molecule is COc1ccc([Si](C)(C)[C@H]2[C@H](CCn3cc(CCO)nn3)O[C@@]3(C(=O)N(Cc4cccc(NC(=O)c5ccccc5)c4)c4ccc([N+](=O)[O-])cc43)[C@@H]2C)cc1. The second kappa shape index (κ2) is 15.2. The molecule has 2 N–H and O–H groups in total. The Labute approximate surface area is 320 Å². The number of aliphatic hydroxyl groups excluding tert-OH is 1. The number of aryl methyl sites for hydroxylation is 1. The predicted octanol–water partition coefficient (Wildman–Crippen LogP) is 5.84. The zero-order chi connectivity index (χ0) is 38.9. The standard InChI is InChI=1S/C41H44N6O7Si/c1-27-38(55(3,4)34-16-14-33(53-2)15-17-34)37(19-21-45-26-31(20-22-48)43-44-45)54-41(27)35-24-32(47(51)52)13-18-36(35)46(40(41)50)25-28-9-8-12-30(23-28)42-39(49)29-10-6-5-7-11-29/h5-18,23-24,26-27,37-38,48H,19-22,25H2,1-4H3,(H,42,49)/t27-,37+,38-,41+/m1/s1. The topological polar surface area (TPSA) is 162 Å². The fraction of sp³-hybridized carbons (Fsp3) is 0.317. The van der Waals surface area contributed by atoms with Gasteiger partial charge < -0.3 is 24.8 Å². The molecule has 1 spiro atoms. The van der Waals surface area contributed by atoms with Crippen LogP contribution < -0.4 is 20.1 Å². The van der Waals surface area contributed by atoms with Crippen molar-refractivity contribution in [2.45, 2.75) is 63.2 Å². The second-order valence-electron chi connectivity index (χ2n) is 14.8. The molecule has 4 aromatic carbocycles. The van der Waals surface area contributed by atoms with Crippen LogP contribution in [0.2, 0.25) is 18.6 Å². The van der Waals surface area contributed by atoms with Gasteiger partial charge in [-0.15, -0.1) is 5.10 Å². The lowest BCUT2D eigenvalue weighted by Crippen LogP contribution is -2.51. The molecule has 1 saturated heterocycles. The van der Waals surface area contributed by atoms with Crippen LogP contribution in [-0.2, 0) is 34.6 Å². The summed E-state index contributed by atoms with van der Waals surface area (Å²) in [5, 5.41) is 34.2. The van der Waals surface area contributed by atoms with Gasteiger partial charge in [-0.3, -0.25) is 24.4 Å². The van der Waals surface area contributed by atoms with Crippen molar-refractivity contribution in [1.29, 1.82) is 0 Å². The van der Waals surface area contributed by atoms with Crippen LogP contribution >= 0.6 is 0 Å². The second-order valence-corrected chi connectivity index (χ2v) is 19.4. The van der Waals surface area contributed by atoms with Crippen molar-refractivity contribution in [2.75, 3.05) is 23.9 Å². The molecule has 0 bridgehead atoms. The number of nitrogens with zero attached hydrogens (tertiary/aromatic N) is 5. The molecular weight excluding hydrogens is 717 g/mol. The van der Waals surface area contributed by atoms with Crippen LogP contribution in [0.25, 0.3) is 0 Å². The molecule has 13 nitrogen and oxygen atoms in total. The van der Waals surface area contributed by atoms with Crippen molar-refractivity contribution < 1.29 is 29.1 Å². The third-order valence-electron chi connectivity index (χ3n) is 11.2. The van der Waals surface area contributed by atoms with E-state index < -0.39 is 24.7 Å². The third kappa shape index (κ3) is 7.04. The zero-order valence-corrected chi connectivity index (χ0v) is 32.2. The normalized spacial score (nSPS) is 20.5. The molecule has 284 valence electrons.